The van der Waals surface area contributed by atoms with Gasteiger partial charge in [0.2, 0.25) is 0 Å². The van der Waals surface area contributed by atoms with Crippen LogP contribution in [-0.2, 0) is 6.42 Å². The number of para-hydroxylation sites is 1. The average molecular weight is 664 g/mol. The standard InChI is InChI=1S/C48H29N3O/c1-4-15-34-29(11-1)14-9-21-41(34)47-49-46(32-23-24-40-39-18-7-8-22-44(39)52-45(40)28-32)50-48(51-47)43-27-33(25-30-12-2-6-17-36(30)43)37-19-10-20-38-35-16-5-3-13-31(35)26-42(37)38/h1-25,27-28H,26H2. The number of aromatic nitrogens is 3. The van der Waals surface area contributed by atoms with Gasteiger partial charge in [-0.3, -0.25) is 0 Å². The Morgan fingerprint density at radius 3 is 1.88 bits per heavy atom. The van der Waals surface area contributed by atoms with Crippen LogP contribution in [0.5, 0.6) is 0 Å². The molecule has 242 valence electrons. The molecule has 0 atom stereocenters. The first-order valence-electron chi connectivity index (χ1n) is 17.6. The van der Waals surface area contributed by atoms with Gasteiger partial charge in [-0.15, -0.1) is 0 Å². The lowest BCUT2D eigenvalue weighted by atomic mass is 9.92. The van der Waals surface area contributed by atoms with Gasteiger partial charge in [0.1, 0.15) is 11.2 Å². The van der Waals surface area contributed by atoms with Gasteiger partial charge in [0.05, 0.1) is 0 Å². The van der Waals surface area contributed by atoms with Gasteiger partial charge in [0, 0.05) is 27.5 Å². The van der Waals surface area contributed by atoms with Crippen molar-refractivity contribution >= 4 is 43.5 Å². The normalized spacial score (nSPS) is 12.2. The molecule has 2 aromatic heterocycles. The Hall–Kier alpha value is -6.91. The molecule has 4 heteroatoms. The molecular formula is C48H29N3O. The summed E-state index contributed by atoms with van der Waals surface area (Å²) < 4.78 is 6.31. The van der Waals surface area contributed by atoms with Crippen molar-refractivity contribution in [1.82, 2.24) is 15.0 Å². The number of rotatable bonds is 4. The molecule has 11 rings (SSSR count). The molecule has 0 fully saturated rings. The van der Waals surface area contributed by atoms with Crippen LogP contribution in [0.15, 0.2) is 168 Å². The topological polar surface area (TPSA) is 51.8 Å². The Morgan fingerprint density at radius 1 is 0.365 bits per heavy atom. The zero-order chi connectivity index (χ0) is 34.2. The van der Waals surface area contributed by atoms with Gasteiger partial charge in [-0.2, -0.15) is 0 Å². The van der Waals surface area contributed by atoms with Crippen molar-refractivity contribution < 1.29 is 4.42 Å². The summed E-state index contributed by atoms with van der Waals surface area (Å²) in [5.74, 6) is 1.86. The molecule has 0 unspecified atom stereocenters. The second kappa shape index (κ2) is 11.3. The fraction of sp³-hybridized carbons (Fsp3) is 0.0208. The van der Waals surface area contributed by atoms with E-state index in [0.29, 0.717) is 17.5 Å². The van der Waals surface area contributed by atoms with Gasteiger partial charge >= 0.3 is 0 Å². The van der Waals surface area contributed by atoms with E-state index in [0.717, 1.165) is 72.2 Å². The Morgan fingerprint density at radius 2 is 0.981 bits per heavy atom. The third-order valence-corrected chi connectivity index (χ3v) is 10.6. The molecular weight excluding hydrogens is 635 g/mol. The molecule has 8 aromatic carbocycles. The monoisotopic (exact) mass is 663 g/mol. The highest BCUT2D eigenvalue weighted by atomic mass is 16.3. The van der Waals surface area contributed by atoms with E-state index in [4.69, 9.17) is 19.4 Å². The molecule has 2 heterocycles. The second-order valence-electron chi connectivity index (χ2n) is 13.6. The first-order valence-corrected chi connectivity index (χ1v) is 17.6. The van der Waals surface area contributed by atoms with Crippen molar-refractivity contribution in [1.29, 1.82) is 0 Å². The molecule has 52 heavy (non-hydrogen) atoms. The second-order valence-corrected chi connectivity index (χ2v) is 13.6. The highest BCUT2D eigenvalue weighted by Gasteiger charge is 2.23. The van der Waals surface area contributed by atoms with Crippen LogP contribution in [0.25, 0.3) is 99.9 Å². The van der Waals surface area contributed by atoms with Crippen LogP contribution in [0.3, 0.4) is 0 Å². The van der Waals surface area contributed by atoms with E-state index < -0.39 is 0 Å². The number of furan rings is 1. The summed E-state index contributed by atoms with van der Waals surface area (Å²) >= 11 is 0. The molecule has 0 saturated carbocycles. The molecule has 0 spiro atoms. The lowest BCUT2D eigenvalue weighted by Gasteiger charge is -2.15. The van der Waals surface area contributed by atoms with Crippen molar-refractivity contribution in [3.8, 4) is 56.4 Å². The molecule has 1 aliphatic rings. The fourth-order valence-corrected chi connectivity index (χ4v) is 8.11. The minimum Gasteiger partial charge on any atom is -0.456 e. The Balaban J connectivity index is 1.16. The largest absolute Gasteiger partial charge is 0.456 e. The van der Waals surface area contributed by atoms with E-state index >= 15 is 0 Å². The summed E-state index contributed by atoms with van der Waals surface area (Å²) in [5, 5.41) is 6.63. The summed E-state index contributed by atoms with van der Waals surface area (Å²) in [6.45, 7) is 0. The maximum absolute atomic E-state index is 6.31. The molecule has 0 radical (unpaired) electrons. The van der Waals surface area contributed by atoms with E-state index in [9.17, 15) is 0 Å². The lowest BCUT2D eigenvalue weighted by Crippen LogP contribution is -2.01. The number of benzene rings is 8. The summed E-state index contributed by atoms with van der Waals surface area (Å²) in [6.07, 6.45) is 0.912. The van der Waals surface area contributed by atoms with Crippen molar-refractivity contribution in [2.45, 2.75) is 6.42 Å². The van der Waals surface area contributed by atoms with Gasteiger partial charge < -0.3 is 4.42 Å². The van der Waals surface area contributed by atoms with Gasteiger partial charge in [0.25, 0.3) is 0 Å². The molecule has 0 aliphatic heterocycles. The van der Waals surface area contributed by atoms with E-state index in [1.807, 2.05) is 18.2 Å². The van der Waals surface area contributed by atoms with Crippen LogP contribution in [0.2, 0.25) is 0 Å². The van der Waals surface area contributed by atoms with Crippen LogP contribution in [0, 0.1) is 0 Å². The van der Waals surface area contributed by atoms with Crippen LogP contribution < -0.4 is 0 Å². The van der Waals surface area contributed by atoms with Crippen molar-refractivity contribution in [3.63, 3.8) is 0 Å². The van der Waals surface area contributed by atoms with E-state index in [1.54, 1.807) is 0 Å². The number of nitrogens with zero attached hydrogens (tertiary/aromatic N) is 3. The molecule has 0 amide bonds. The van der Waals surface area contributed by atoms with Gasteiger partial charge in [-0.1, -0.05) is 133 Å². The maximum Gasteiger partial charge on any atom is 0.164 e. The Kier molecular flexibility index (Phi) is 6.28. The number of hydrogen-bond donors (Lipinski definition) is 0. The highest BCUT2D eigenvalue weighted by Crippen LogP contribution is 2.43. The molecule has 0 saturated heterocycles. The van der Waals surface area contributed by atoms with E-state index in [2.05, 4.69) is 146 Å². The smallest absolute Gasteiger partial charge is 0.164 e. The maximum atomic E-state index is 6.31. The Bertz CT molecular complexity index is 3060. The van der Waals surface area contributed by atoms with E-state index in [-0.39, 0.29) is 0 Å². The van der Waals surface area contributed by atoms with Crippen molar-refractivity contribution in [2.75, 3.05) is 0 Å². The van der Waals surface area contributed by atoms with Crippen LogP contribution >= 0.6 is 0 Å². The predicted molar refractivity (Wildman–Crippen MR) is 212 cm³/mol. The first kappa shape index (κ1) is 28.9. The SMILES string of the molecule is c1ccc2c(c1)Cc1c(-c3cc(-c4nc(-c5ccc6c(c5)oc5ccccc56)nc(-c5cccc6ccccc56)n4)c4ccccc4c3)cccc1-2. The zero-order valence-electron chi connectivity index (χ0n) is 28.0. The fourth-order valence-electron chi connectivity index (χ4n) is 8.11. The predicted octanol–water partition coefficient (Wildman–Crippen LogP) is 12.3. The van der Waals surface area contributed by atoms with Crippen LogP contribution in [0.4, 0.5) is 0 Å². The van der Waals surface area contributed by atoms with Crippen LogP contribution in [-0.4, -0.2) is 15.0 Å². The summed E-state index contributed by atoms with van der Waals surface area (Å²) in [7, 11) is 0. The molecule has 10 aromatic rings. The highest BCUT2D eigenvalue weighted by molar-refractivity contribution is 6.06. The minimum absolute atomic E-state index is 0.598. The Labute approximate surface area is 299 Å². The first-order chi connectivity index (χ1) is 25.7. The molecule has 4 nitrogen and oxygen atoms in total. The third kappa shape index (κ3) is 4.51. The molecule has 0 N–H and O–H groups in total. The third-order valence-electron chi connectivity index (χ3n) is 10.6. The molecule has 0 bridgehead atoms. The lowest BCUT2D eigenvalue weighted by molar-refractivity contribution is 0.669. The number of hydrogen-bond acceptors (Lipinski definition) is 4. The van der Waals surface area contributed by atoms with Crippen molar-refractivity contribution in [3.05, 3.63) is 175 Å². The zero-order valence-corrected chi connectivity index (χ0v) is 28.0. The van der Waals surface area contributed by atoms with E-state index in [1.165, 1.54) is 27.8 Å². The van der Waals surface area contributed by atoms with Gasteiger partial charge in [-0.05, 0) is 91.7 Å². The van der Waals surface area contributed by atoms with Crippen molar-refractivity contribution in [2.24, 2.45) is 0 Å². The average Bonchev–Trinajstić information content (AvgIpc) is 3.78. The van der Waals surface area contributed by atoms with Crippen LogP contribution in [0.1, 0.15) is 11.1 Å². The summed E-state index contributed by atoms with van der Waals surface area (Å²) in [6, 6.07) is 57.7. The minimum atomic E-state index is 0.598. The summed E-state index contributed by atoms with van der Waals surface area (Å²) in [4.78, 5) is 15.7. The quantitative estimate of drug-likeness (QED) is 0.188. The summed E-state index contributed by atoms with van der Waals surface area (Å²) in [5.41, 5.74) is 12.2. The number of fused-ring (bicyclic) bond motifs is 8. The van der Waals surface area contributed by atoms with Gasteiger partial charge in [-0.25, -0.2) is 15.0 Å². The molecule has 1 aliphatic carbocycles. The van der Waals surface area contributed by atoms with Gasteiger partial charge in [0.15, 0.2) is 17.5 Å².